The number of esters is 1. The predicted molar refractivity (Wildman–Crippen MR) is 163 cm³/mol. The van der Waals surface area contributed by atoms with E-state index in [9.17, 15) is 9.59 Å². The van der Waals surface area contributed by atoms with E-state index in [0.29, 0.717) is 56.5 Å². The van der Waals surface area contributed by atoms with Crippen molar-refractivity contribution in [2.45, 2.75) is 70.8 Å². The molecule has 1 aliphatic heterocycles. The van der Waals surface area contributed by atoms with E-state index in [1.807, 2.05) is 53.9 Å². The van der Waals surface area contributed by atoms with E-state index in [4.69, 9.17) is 21.7 Å². The highest BCUT2D eigenvalue weighted by molar-refractivity contribution is 7.80. The molecular formula is C31H45N5O4S. The molecule has 1 aromatic heterocycles. The lowest BCUT2D eigenvalue weighted by Gasteiger charge is -2.46. The molecule has 224 valence electrons. The zero-order valence-corrected chi connectivity index (χ0v) is 25.5. The van der Waals surface area contributed by atoms with Crippen molar-refractivity contribution in [2.75, 3.05) is 33.4 Å². The second-order valence-corrected chi connectivity index (χ2v) is 11.7. The van der Waals surface area contributed by atoms with Gasteiger partial charge in [0.15, 0.2) is 5.11 Å². The Bertz CT molecular complexity index is 1150. The van der Waals surface area contributed by atoms with Gasteiger partial charge in [0.2, 0.25) is 5.91 Å². The van der Waals surface area contributed by atoms with Crippen LogP contribution in [-0.4, -0.2) is 70.8 Å². The molecule has 2 aromatic rings. The summed E-state index contributed by atoms with van der Waals surface area (Å²) in [5.41, 5.74) is 1.62. The van der Waals surface area contributed by atoms with Crippen molar-refractivity contribution >= 4 is 29.2 Å². The van der Waals surface area contributed by atoms with E-state index in [2.05, 4.69) is 15.6 Å². The quantitative estimate of drug-likeness (QED) is 0.305. The highest BCUT2D eigenvalue weighted by Crippen LogP contribution is 2.47. The van der Waals surface area contributed by atoms with Crippen LogP contribution >= 0.6 is 12.2 Å². The Morgan fingerprint density at radius 2 is 1.85 bits per heavy atom. The van der Waals surface area contributed by atoms with Gasteiger partial charge in [0, 0.05) is 51.4 Å². The summed E-state index contributed by atoms with van der Waals surface area (Å²) in [6.07, 6.45) is 11.8. The third-order valence-electron chi connectivity index (χ3n) is 8.82. The largest absolute Gasteiger partial charge is 0.497 e. The number of carbonyl (C=O) groups is 2. The maximum Gasteiger partial charge on any atom is 0.312 e. The highest BCUT2D eigenvalue weighted by atomic mass is 32.1. The van der Waals surface area contributed by atoms with Crippen LogP contribution in [0.25, 0.3) is 0 Å². The van der Waals surface area contributed by atoms with Gasteiger partial charge in [-0.3, -0.25) is 9.59 Å². The van der Waals surface area contributed by atoms with Gasteiger partial charge in [0.1, 0.15) is 11.8 Å². The van der Waals surface area contributed by atoms with Gasteiger partial charge in [0.05, 0.1) is 25.5 Å². The molecule has 4 rings (SSSR count). The number of ether oxygens (including phenoxy) is 2. The van der Waals surface area contributed by atoms with E-state index in [1.54, 1.807) is 13.4 Å². The first-order chi connectivity index (χ1) is 19.9. The maximum atomic E-state index is 14.0. The molecule has 2 fully saturated rings. The van der Waals surface area contributed by atoms with Gasteiger partial charge in [-0.05, 0) is 68.4 Å². The van der Waals surface area contributed by atoms with Crippen molar-refractivity contribution in [3.63, 3.8) is 0 Å². The van der Waals surface area contributed by atoms with Gasteiger partial charge < -0.3 is 29.6 Å². The molecular weight excluding hydrogens is 538 g/mol. The fourth-order valence-electron chi connectivity index (χ4n) is 6.39. The number of methoxy groups -OCH3 is 1. The van der Waals surface area contributed by atoms with Gasteiger partial charge in [-0.1, -0.05) is 31.4 Å². The molecule has 9 nitrogen and oxygen atoms in total. The van der Waals surface area contributed by atoms with E-state index in [1.165, 1.54) is 6.42 Å². The molecule has 0 spiro atoms. The SMILES string of the molecule is CCOC(=O)C1(C2CCCCC2)CCN(C(=O)[C@@H](Cc2ccc(OC)cc2)NC(=S)NCCc2cncn2C)CC1. The Balaban J connectivity index is 1.43. The minimum Gasteiger partial charge on any atom is -0.497 e. The Hall–Kier alpha value is -3.14. The van der Waals surface area contributed by atoms with Crippen LogP contribution in [0.15, 0.2) is 36.8 Å². The Kier molecular flexibility index (Phi) is 11.0. The van der Waals surface area contributed by atoms with Crippen LogP contribution in [0.4, 0.5) is 0 Å². The molecule has 0 bridgehead atoms. The molecule has 1 saturated carbocycles. The number of carbonyl (C=O) groups excluding carboxylic acids is 2. The van der Waals surface area contributed by atoms with Crippen LogP contribution in [0.3, 0.4) is 0 Å². The first kappa shape index (κ1) is 30.8. The topological polar surface area (TPSA) is 97.7 Å². The number of amides is 1. The number of aromatic nitrogens is 2. The molecule has 2 aliphatic rings. The van der Waals surface area contributed by atoms with E-state index in [-0.39, 0.29) is 11.9 Å². The molecule has 1 aromatic carbocycles. The standard InChI is InChI=1S/C31H45N5O4S/c1-4-40-29(38)31(24-8-6-5-7-9-24)15-18-36(19-16-31)28(37)27(20-23-10-12-26(39-3)13-11-23)34-30(41)33-17-14-25-21-32-22-35(25)2/h10-13,21-22,24,27H,4-9,14-20H2,1-3H3,(H2,33,34,41)/t27-/m1/s1. The zero-order chi connectivity index (χ0) is 29.2. The number of rotatable bonds is 11. The van der Waals surface area contributed by atoms with E-state index in [0.717, 1.165) is 49.1 Å². The van der Waals surface area contributed by atoms with Crippen LogP contribution in [0.2, 0.25) is 0 Å². The van der Waals surface area contributed by atoms with Crippen molar-refractivity contribution in [1.82, 2.24) is 25.1 Å². The fraction of sp³-hybridized carbons (Fsp3) is 0.613. The van der Waals surface area contributed by atoms with Crippen molar-refractivity contribution < 1.29 is 19.1 Å². The second kappa shape index (κ2) is 14.7. The van der Waals surface area contributed by atoms with Gasteiger partial charge in [-0.2, -0.15) is 0 Å². The molecule has 0 radical (unpaired) electrons. The summed E-state index contributed by atoms with van der Waals surface area (Å²) in [7, 11) is 3.60. The number of imidazole rings is 1. The first-order valence-electron chi connectivity index (χ1n) is 14.9. The number of aryl methyl sites for hydroxylation is 1. The van der Waals surface area contributed by atoms with Crippen molar-refractivity contribution in [3.8, 4) is 5.75 Å². The summed E-state index contributed by atoms with van der Waals surface area (Å²) >= 11 is 5.62. The van der Waals surface area contributed by atoms with Crippen molar-refractivity contribution in [1.29, 1.82) is 0 Å². The van der Waals surface area contributed by atoms with Gasteiger partial charge in [-0.25, -0.2) is 4.98 Å². The minimum absolute atomic E-state index is 0.00212. The average Bonchev–Trinajstić information content (AvgIpc) is 3.41. The van der Waals surface area contributed by atoms with Crippen LogP contribution in [0.1, 0.15) is 63.1 Å². The molecule has 1 saturated heterocycles. The van der Waals surface area contributed by atoms with Crippen LogP contribution in [-0.2, 0) is 34.2 Å². The van der Waals surface area contributed by atoms with Gasteiger partial charge in [0.25, 0.3) is 0 Å². The number of nitrogens with zero attached hydrogens (tertiary/aromatic N) is 3. The maximum absolute atomic E-state index is 14.0. The number of likely N-dealkylation sites (tertiary alicyclic amines) is 1. The molecule has 0 unspecified atom stereocenters. The molecule has 10 heteroatoms. The summed E-state index contributed by atoms with van der Waals surface area (Å²) < 4.78 is 12.9. The minimum atomic E-state index is -0.537. The highest BCUT2D eigenvalue weighted by Gasteiger charge is 2.49. The summed E-state index contributed by atoms with van der Waals surface area (Å²) in [5, 5.41) is 6.99. The van der Waals surface area contributed by atoms with Crippen LogP contribution < -0.4 is 15.4 Å². The number of piperidine rings is 1. The lowest BCUT2D eigenvalue weighted by atomic mass is 9.63. The number of benzene rings is 1. The lowest BCUT2D eigenvalue weighted by molar-refractivity contribution is -0.166. The molecule has 2 heterocycles. The summed E-state index contributed by atoms with van der Waals surface area (Å²) in [4.78, 5) is 33.3. The van der Waals surface area contributed by atoms with Crippen molar-refractivity contribution in [2.24, 2.45) is 18.4 Å². The molecule has 2 N–H and O–H groups in total. The number of nitrogens with one attached hydrogen (secondary N) is 2. The molecule has 1 aliphatic carbocycles. The Morgan fingerprint density at radius 1 is 1.15 bits per heavy atom. The summed E-state index contributed by atoms with van der Waals surface area (Å²) in [6, 6.07) is 7.22. The molecule has 41 heavy (non-hydrogen) atoms. The zero-order valence-electron chi connectivity index (χ0n) is 24.7. The van der Waals surface area contributed by atoms with Crippen molar-refractivity contribution in [3.05, 3.63) is 48.0 Å². The number of hydrogen-bond donors (Lipinski definition) is 2. The van der Waals surface area contributed by atoms with Gasteiger partial charge >= 0.3 is 5.97 Å². The fourth-order valence-corrected chi connectivity index (χ4v) is 6.64. The van der Waals surface area contributed by atoms with E-state index >= 15 is 0 Å². The van der Waals surface area contributed by atoms with Crippen LogP contribution in [0, 0.1) is 11.3 Å². The summed E-state index contributed by atoms with van der Waals surface area (Å²) in [5.74, 6) is 1.02. The number of hydrogen-bond acceptors (Lipinski definition) is 6. The Labute approximate surface area is 249 Å². The lowest BCUT2D eigenvalue weighted by Crippen LogP contribution is -2.56. The van der Waals surface area contributed by atoms with Crippen LogP contribution in [0.5, 0.6) is 5.75 Å². The monoisotopic (exact) mass is 583 g/mol. The number of thiocarbonyl (C=S) groups is 1. The van der Waals surface area contributed by atoms with Gasteiger partial charge in [-0.15, -0.1) is 0 Å². The van der Waals surface area contributed by atoms with E-state index < -0.39 is 11.5 Å². The second-order valence-electron chi connectivity index (χ2n) is 11.3. The third kappa shape index (κ3) is 7.78. The normalized spacial score (nSPS) is 17.9. The molecule has 1 atom stereocenters. The predicted octanol–water partition coefficient (Wildman–Crippen LogP) is 3.80. The summed E-state index contributed by atoms with van der Waals surface area (Å²) in [6.45, 7) is 3.95. The first-order valence-corrected chi connectivity index (χ1v) is 15.4. The Morgan fingerprint density at radius 3 is 2.46 bits per heavy atom. The molecule has 1 amide bonds. The third-order valence-corrected chi connectivity index (χ3v) is 9.08. The average molecular weight is 584 g/mol. The smallest absolute Gasteiger partial charge is 0.312 e.